The lowest BCUT2D eigenvalue weighted by Gasteiger charge is -2.40. The zero-order valence-electron chi connectivity index (χ0n) is 21.3. The number of nitrogens with zero attached hydrogens (tertiary/aromatic N) is 2. The summed E-state index contributed by atoms with van der Waals surface area (Å²) in [5.41, 5.74) is 6.25. The van der Waals surface area contributed by atoms with Crippen molar-refractivity contribution < 1.29 is 9.18 Å². The highest BCUT2D eigenvalue weighted by molar-refractivity contribution is 6.07. The van der Waals surface area contributed by atoms with Crippen molar-refractivity contribution in [1.82, 2.24) is 4.90 Å². The number of carbonyl (C=O) groups is 1. The van der Waals surface area contributed by atoms with Crippen LogP contribution in [0.25, 0.3) is 0 Å². The Balaban J connectivity index is 1.34. The Morgan fingerprint density at radius 1 is 0.971 bits per heavy atom. The van der Waals surface area contributed by atoms with Gasteiger partial charge in [0.15, 0.2) is 0 Å². The molecule has 182 valence electrons. The van der Waals surface area contributed by atoms with Crippen molar-refractivity contribution >= 4 is 11.6 Å². The smallest absolute Gasteiger partial charge is 0.258 e. The molecule has 1 fully saturated rings. The van der Waals surface area contributed by atoms with Crippen LogP contribution in [0, 0.1) is 12.7 Å². The number of piperidine rings is 1. The predicted molar refractivity (Wildman–Crippen MR) is 141 cm³/mol. The van der Waals surface area contributed by atoms with E-state index in [9.17, 15) is 9.18 Å². The molecule has 3 aromatic rings. The van der Waals surface area contributed by atoms with Crippen LogP contribution >= 0.6 is 0 Å². The van der Waals surface area contributed by atoms with E-state index in [1.165, 1.54) is 17.2 Å². The van der Waals surface area contributed by atoms with Gasteiger partial charge in [-0.3, -0.25) is 9.69 Å². The number of hydrogen-bond donors (Lipinski definition) is 0. The average molecular weight is 471 g/mol. The second-order valence-corrected chi connectivity index (χ2v) is 11.4. The molecule has 1 amide bonds. The zero-order valence-corrected chi connectivity index (χ0v) is 21.3. The van der Waals surface area contributed by atoms with Crippen LogP contribution in [0.3, 0.4) is 0 Å². The largest absolute Gasteiger partial charge is 0.307 e. The highest BCUT2D eigenvalue weighted by atomic mass is 19.1. The number of anilines is 1. The van der Waals surface area contributed by atoms with Gasteiger partial charge in [0.25, 0.3) is 5.91 Å². The van der Waals surface area contributed by atoms with Crippen molar-refractivity contribution in [3.63, 3.8) is 0 Å². The van der Waals surface area contributed by atoms with E-state index in [0.29, 0.717) is 12.1 Å². The molecule has 0 saturated carbocycles. The lowest BCUT2D eigenvalue weighted by atomic mass is 9.74. The Morgan fingerprint density at radius 3 is 2.34 bits per heavy atom. The molecule has 2 aliphatic heterocycles. The summed E-state index contributed by atoms with van der Waals surface area (Å²) in [7, 11) is 0. The van der Waals surface area contributed by atoms with Crippen molar-refractivity contribution in [1.29, 1.82) is 0 Å². The number of benzene rings is 3. The first kappa shape index (κ1) is 23.7. The lowest BCUT2D eigenvalue weighted by Crippen LogP contribution is -2.45. The topological polar surface area (TPSA) is 23.6 Å². The standard InChI is InChI=1S/C31H35FN2O/c1-22-6-5-7-24(18-22)29(35)34-21-31(27-19-26(32)12-13-28(27)34)14-16-33(17-15-31)20-23-8-10-25(11-9-23)30(2,3)4/h5-13,18-19H,14-17,20-21H2,1-4H3. The highest BCUT2D eigenvalue weighted by Crippen LogP contribution is 2.48. The molecule has 2 aliphatic rings. The summed E-state index contributed by atoms with van der Waals surface area (Å²) in [4.78, 5) is 17.9. The number of rotatable bonds is 3. The van der Waals surface area contributed by atoms with Crippen LogP contribution in [0.5, 0.6) is 0 Å². The average Bonchev–Trinajstić information content (AvgIpc) is 3.13. The van der Waals surface area contributed by atoms with Crippen molar-refractivity contribution in [2.75, 3.05) is 24.5 Å². The van der Waals surface area contributed by atoms with E-state index in [2.05, 4.69) is 49.9 Å². The number of likely N-dealkylation sites (tertiary alicyclic amines) is 1. The Labute approximate surface area is 208 Å². The molecule has 0 radical (unpaired) electrons. The van der Waals surface area contributed by atoms with Gasteiger partial charge < -0.3 is 4.90 Å². The van der Waals surface area contributed by atoms with E-state index in [1.54, 1.807) is 12.1 Å². The number of halogens is 1. The summed E-state index contributed by atoms with van der Waals surface area (Å²) in [5, 5.41) is 0. The van der Waals surface area contributed by atoms with Crippen LogP contribution in [-0.4, -0.2) is 30.4 Å². The van der Waals surface area contributed by atoms with Crippen molar-refractivity contribution in [2.45, 2.75) is 57.9 Å². The van der Waals surface area contributed by atoms with E-state index < -0.39 is 0 Å². The third-order valence-electron chi connectivity index (χ3n) is 7.83. The molecule has 0 unspecified atom stereocenters. The molecule has 5 rings (SSSR count). The minimum Gasteiger partial charge on any atom is -0.307 e. The molecule has 35 heavy (non-hydrogen) atoms. The molecule has 1 saturated heterocycles. The maximum Gasteiger partial charge on any atom is 0.258 e. The van der Waals surface area contributed by atoms with E-state index in [0.717, 1.165) is 49.3 Å². The molecule has 0 bridgehead atoms. The molecular formula is C31H35FN2O. The summed E-state index contributed by atoms with van der Waals surface area (Å²) in [6.45, 7) is 12.1. The molecule has 3 aromatic carbocycles. The SMILES string of the molecule is Cc1cccc(C(=O)N2CC3(CCN(Cc4ccc(C(C)(C)C)cc4)CC3)c3cc(F)ccc32)c1. The van der Waals surface area contributed by atoms with Crippen LogP contribution in [-0.2, 0) is 17.4 Å². The Bertz CT molecular complexity index is 1230. The van der Waals surface area contributed by atoms with Gasteiger partial charge in [-0.1, -0.05) is 62.7 Å². The third-order valence-corrected chi connectivity index (χ3v) is 7.83. The molecule has 0 N–H and O–H groups in total. The highest BCUT2D eigenvalue weighted by Gasteiger charge is 2.46. The van der Waals surface area contributed by atoms with Crippen LogP contribution in [0.1, 0.15) is 66.2 Å². The number of hydrogen-bond acceptors (Lipinski definition) is 2. The summed E-state index contributed by atoms with van der Waals surface area (Å²) in [6.07, 6.45) is 1.84. The molecule has 4 heteroatoms. The molecular weight excluding hydrogens is 435 g/mol. The zero-order chi connectivity index (χ0) is 24.8. The summed E-state index contributed by atoms with van der Waals surface area (Å²) >= 11 is 0. The van der Waals surface area contributed by atoms with Crippen LogP contribution < -0.4 is 4.90 Å². The number of carbonyl (C=O) groups excluding carboxylic acids is 1. The first-order valence-electron chi connectivity index (χ1n) is 12.7. The van der Waals surface area contributed by atoms with Gasteiger partial charge in [0.05, 0.1) is 0 Å². The molecule has 1 spiro atoms. The van der Waals surface area contributed by atoms with E-state index in [-0.39, 0.29) is 22.6 Å². The summed E-state index contributed by atoms with van der Waals surface area (Å²) in [5.74, 6) is -0.228. The summed E-state index contributed by atoms with van der Waals surface area (Å²) < 4.78 is 14.4. The van der Waals surface area contributed by atoms with Crippen molar-refractivity contribution in [3.8, 4) is 0 Å². The third kappa shape index (κ3) is 4.64. The fourth-order valence-corrected chi connectivity index (χ4v) is 5.69. The molecule has 0 aliphatic carbocycles. The van der Waals surface area contributed by atoms with E-state index in [4.69, 9.17) is 0 Å². The minimum absolute atomic E-state index is 0.000184. The Kier molecular flexibility index (Phi) is 6.04. The van der Waals surface area contributed by atoms with Gasteiger partial charge >= 0.3 is 0 Å². The van der Waals surface area contributed by atoms with Gasteiger partial charge in [-0.15, -0.1) is 0 Å². The quantitative estimate of drug-likeness (QED) is 0.429. The maximum absolute atomic E-state index is 14.4. The van der Waals surface area contributed by atoms with E-state index >= 15 is 0 Å². The number of fused-ring (bicyclic) bond motifs is 2. The number of aryl methyl sites for hydroxylation is 1. The molecule has 3 nitrogen and oxygen atoms in total. The van der Waals surface area contributed by atoms with Crippen LogP contribution in [0.15, 0.2) is 66.7 Å². The van der Waals surface area contributed by atoms with Gasteiger partial charge in [-0.25, -0.2) is 4.39 Å². The van der Waals surface area contributed by atoms with Crippen molar-refractivity contribution in [2.24, 2.45) is 0 Å². The van der Waals surface area contributed by atoms with Gasteiger partial charge in [0, 0.05) is 29.8 Å². The summed E-state index contributed by atoms with van der Waals surface area (Å²) in [6, 6.07) is 21.6. The van der Waals surface area contributed by atoms with Crippen LogP contribution in [0.4, 0.5) is 10.1 Å². The van der Waals surface area contributed by atoms with Crippen LogP contribution in [0.2, 0.25) is 0 Å². The van der Waals surface area contributed by atoms with Gasteiger partial charge in [0.2, 0.25) is 0 Å². The molecule has 0 atom stereocenters. The first-order chi connectivity index (χ1) is 16.6. The second-order valence-electron chi connectivity index (χ2n) is 11.4. The Morgan fingerprint density at radius 2 is 1.69 bits per heavy atom. The first-order valence-corrected chi connectivity index (χ1v) is 12.7. The predicted octanol–water partition coefficient (Wildman–Crippen LogP) is 6.63. The fraction of sp³-hybridized carbons (Fsp3) is 0.387. The molecule has 0 aromatic heterocycles. The Hall–Kier alpha value is -2.98. The monoisotopic (exact) mass is 470 g/mol. The van der Waals surface area contributed by atoms with Crippen molar-refractivity contribution in [3.05, 3.63) is 100 Å². The second kappa shape index (κ2) is 8.91. The van der Waals surface area contributed by atoms with E-state index in [1.807, 2.05) is 36.1 Å². The number of amides is 1. The van der Waals surface area contributed by atoms with Gasteiger partial charge in [-0.05, 0) is 85.3 Å². The van der Waals surface area contributed by atoms with Gasteiger partial charge in [-0.2, -0.15) is 0 Å². The normalized spacial score (nSPS) is 17.6. The fourth-order valence-electron chi connectivity index (χ4n) is 5.69. The maximum atomic E-state index is 14.4. The molecule has 2 heterocycles. The minimum atomic E-state index is -0.227. The lowest BCUT2D eigenvalue weighted by molar-refractivity contribution is 0.0975. The van der Waals surface area contributed by atoms with Gasteiger partial charge in [0.1, 0.15) is 5.82 Å².